The number of nitrogens with one attached hydrogen (secondary N) is 1. The highest BCUT2D eigenvalue weighted by molar-refractivity contribution is 6.00. The molecular formula is C50H40N2. The number of hydrogen-bond donors (Lipinski definition) is 1. The van der Waals surface area contributed by atoms with Crippen molar-refractivity contribution < 1.29 is 0 Å². The van der Waals surface area contributed by atoms with E-state index in [1.165, 1.54) is 102 Å². The van der Waals surface area contributed by atoms with Gasteiger partial charge in [-0.3, -0.25) is 5.10 Å². The van der Waals surface area contributed by atoms with E-state index in [9.17, 15) is 0 Å². The molecule has 2 heteroatoms. The van der Waals surface area contributed by atoms with Crippen LogP contribution in [0.25, 0.3) is 55.7 Å². The van der Waals surface area contributed by atoms with Gasteiger partial charge in [-0.1, -0.05) is 141 Å². The van der Waals surface area contributed by atoms with Gasteiger partial charge in [0.25, 0.3) is 0 Å². The maximum absolute atomic E-state index is 4.25. The second-order valence-electron chi connectivity index (χ2n) is 14.6. The summed E-state index contributed by atoms with van der Waals surface area (Å²) in [6, 6.07) is 50.9. The highest BCUT2D eigenvalue weighted by atomic mass is 15.1. The number of aromatic amines is 1. The second-order valence-corrected chi connectivity index (χ2v) is 14.6. The molecule has 0 atom stereocenters. The highest BCUT2D eigenvalue weighted by Gasteiger charge is 2.51. The predicted molar refractivity (Wildman–Crippen MR) is 216 cm³/mol. The third kappa shape index (κ3) is 4.67. The van der Waals surface area contributed by atoms with Crippen LogP contribution in [-0.2, 0) is 11.8 Å². The Labute approximate surface area is 306 Å². The fraction of sp³-hybridized carbons (Fsp3) is 0.140. The Morgan fingerprint density at radius 1 is 0.596 bits per heavy atom. The summed E-state index contributed by atoms with van der Waals surface area (Å²) >= 11 is 0. The molecule has 0 saturated heterocycles. The first-order valence-corrected chi connectivity index (χ1v) is 18.8. The molecule has 10 rings (SSSR count). The van der Waals surface area contributed by atoms with Gasteiger partial charge >= 0.3 is 0 Å². The van der Waals surface area contributed by atoms with Gasteiger partial charge in [0, 0.05) is 11.8 Å². The molecule has 1 heterocycles. The lowest BCUT2D eigenvalue weighted by molar-refractivity contribution is 0.794. The van der Waals surface area contributed by atoms with Crippen molar-refractivity contribution in [1.82, 2.24) is 10.2 Å². The molecule has 0 bridgehead atoms. The fourth-order valence-corrected chi connectivity index (χ4v) is 9.35. The maximum Gasteiger partial charge on any atom is 0.0725 e. The van der Waals surface area contributed by atoms with E-state index < -0.39 is 0 Å². The zero-order valence-corrected chi connectivity index (χ0v) is 29.5. The van der Waals surface area contributed by atoms with Gasteiger partial charge in [-0.15, -0.1) is 0 Å². The summed E-state index contributed by atoms with van der Waals surface area (Å²) in [5, 5.41) is 7.25. The van der Waals surface area contributed by atoms with Crippen LogP contribution in [0, 0.1) is 0 Å². The normalized spacial score (nSPS) is 14.7. The van der Waals surface area contributed by atoms with E-state index in [1.807, 2.05) is 12.4 Å². The van der Waals surface area contributed by atoms with Gasteiger partial charge in [0.1, 0.15) is 0 Å². The zero-order valence-electron chi connectivity index (χ0n) is 29.5. The molecule has 52 heavy (non-hydrogen) atoms. The number of aromatic nitrogens is 2. The Morgan fingerprint density at radius 3 is 2.00 bits per heavy atom. The lowest BCUT2D eigenvalue weighted by Crippen LogP contribution is -2.25. The van der Waals surface area contributed by atoms with Gasteiger partial charge in [0.15, 0.2) is 0 Å². The van der Waals surface area contributed by atoms with Gasteiger partial charge in [-0.2, -0.15) is 5.10 Å². The van der Waals surface area contributed by atoms with E-state index in [2.05, 4.69) is 163 Å². The van der Waals surface area contributed by atoms with Crippen molar-refractivity contribution in [2.75, 3.05) is 0 Å². The third-order valence-corrected chi connectivity index (χ3v) is 11.7. The lowest BCUT2D eigenvalue weighted by atomic mass is 9.70. The van der Waals surface area contributed by atoms with Crippen LogP contribution in [0.5, 0.6) is 0 Å². The van der Waals surface area contributed by atoms with Crippen LogP contribution in [0.1, 0.15) is 71.6 Å². The van der Waals surface area contributed by atoms with Crippen molar-refractivity contribution in [1.29, 1.82) is 0 Å². The summed E-state index contributed by atoms with van der Waals surface area (Å²) in [6.07, 6.45) is 14.2. The molecule has 0 unspecified atom stereocenters. The first-order chi connectivity index (χ1) is 25.7. The summed E-state index contributed by atoms with van der Waals surface area (Å²) in [4.78, 5) is 0. The van der Waals surface area contributed by atoms with E-state index in [4.69, 9.17) is 0 Å². The SMILES string of the molecule is CCCCc1cccc(-c2cc(C3=CC(c4cn[nH]c4)=CCC3)cc(-c3cccc4c3-c3ccccc3C43c4ccccc4-c4ccccc43)c2)c1. The topological polar surface area (TPSA) is 28.7 Å². The molecule has 3 aliphatic rings. The van der Waals surface area contributed by atoms with Crippen molar-refractivity contribution in [3.05, 3.63) is 197 Å². The van der Waals surface area contributed by atoms with Crippen molar-refractivity contribution in [2.45, 2.75) is 44.4 Å². The van der Waals surface area contributed by atoms with Gasteiger partial charge in [0.2, 0.25) is 0 Å². The van der Waals surface area contributed by atoms with Crippen molar-refractivity contribution >= 4 is 11.1 Å². The van der Waals surface area contributed by atoms with Crippen molar-refractivity contribution in [3.8, 4) is 44.5 Å². The van der Waals surface area contributed by atoms with Gasteiger partial charge in [-0.05, 0) is 133 Å². The smallest absolute Gasteiger partial charge is 0.0725 e. The second kappa shape index (κ2) is 12.4. The Morgan fingerprint density at radius 2 is 1.25 bits per heavy atom. The summed E-state index contributed by atoms with van der Waals surface area (Å²) < 4.78 is 0. The van der Waals surface area contributed by atoms with E-state index in [-0.39, 0.29) is 5.41 Å². The molecule has 3 aliphatic carbocycles. The molecule has 1 N–H and O–H groups in total. The molecule has 2 nitrogen and oxygen atoms in total. The predicted octanol–water partition coefficient (Wildman–Crippen LogP) is 12.7. The van der Waals surface area contributed by atoms with Gasteiger partial charge in [-0.25, -0.2) is 0 Å². The first-order valence-electron chi connectivity index (χ1n) is 18.8. The Balaban J connectivity index is 1.22. The summed E-state index contributed by atoms with van der Waals surface area (Å²) in [6.45, 7) is 2.27. The average Bonchev–Trinajstić information content (AvgIpc) is 3.93. The molecule has 1 aromatic heterocycles. The van der Waals surface area contributed by atoms with E-state index in [0.29, 0.717) is 0 Å². The average molecular weight is 669 g/mol. The van der Waals surface area contributed by atoms with Gasteiger partial charge in [0.05, 0.1) is 11.6 Å². The number of nitrogens with zero attached hydrogens (tertiary/aromatic N) is 1. The Kier molecular flexibility index (Phi) is 7.32. The van der Waals surface area contributed by atoms with Crippen molar-refractivity contribution in [2.24, 2.45) is 0 Å². The molecule has 0 saturated carbocycles. The number of benzene rings is 6. The Bertz CT molecular complexity index is 2520. The molecule has 0 radical (unpaired) electrons. The standard InChI is InChI=1S/C50H40N2/c1-2-3-13-33-14-10-15-34(26-33)37-28-38(35-16-11-17-36(27-35)40-31-51-52-32-40)30-39(29-37)41-21-12-25-48-49(41)44-20-6-9-24-47(44)50(48)45-22-7-4-18-42(45)43-19-5-8-23-46(43)50/h4-10,12,14-15,17-32H,2-3,11,13,16H2,1H3,(H,51,52). The number of hydrogen-bond acceptors (Lipinski definition) is 1. The summed E-state index contributed by atoms with van der Waals surface area (Å²) in [5.41, 5.74) is 22.0. The number of H-pyrrole nitrogens is 1. The molecule has 6 aromatic carbocycles. The zero-order chi connectivity index (χ0) is 34.6. The third-order valence-electron chi connectivity index (χ3n) is 11.7. The van der Waals surface area contributed by atoms with Crippen LogP contribution in [0.2, 0.25) is 0 Å². The van der Waals surface area contributed by atoms with Crippen LogP contribution < -0.4 is 0 Å². The largest absolute Gasteiger partial charge is 0.285 e. The van der Waals surface area contributed by atoms with Crippen LogP contribution in [-0.4, -0.2) is 10.2 Å². The molecule has 0 amide bonds. The maximum atomic E-state index is 4.25. The number of allylic oxidation sites excluding steroid dienone is 4. The minimum absolute atomic E-state index is 0.362. The van der Waals surface area contributed by atoms with Gasteiger partial charge < -0.3 is 0 Å². The molecular weight excluding hydrogens is 629 g/mol. The van der Waals surface area contributed by atoms with Crippen LogP contribution >= 0.6 is 0 Å². The minimum Gasteiger partial charge on any atom is -0.285 e. The molecule has 1 spiro atoms. The quantitative estimate of drug-likeness (QED) is 0.180. The van der Waals surface area contributed by atoms with Crippen LogP contribution in [0.4, 0.5) is 0 Å². The molecule has 7 aromatic rings. The van der Waals surface area contributed by atoms with E-state index in [0.717, 1.165) is 24.8 Å². The van der Waals surface area contributed by atoms with E-state index >= 15 is 0 Å². The number of fused-ring (bicyclic) bond motifs is 10. The van der Waals surface area contributed by atoms with E-state index in [1.54, 1.807) is 0 Å². The first kappa shape index (κ1) is 30.8. The Hall–Kier alpha value is -5.99. The molecule has 0 fully saturated rings. The lowest BCUT2D eigenvalue weighted by Gasteiger charge is -2.30. The highest BCUT2D eigenvalue weighted by Crippen LogP contribution is 2.64. The van der Waals surface area contributed by atoms with Crippen LogP contribution in [0.15, 0.2) is 158 Å². The van der Waals surface area contributed by atoms with Crippen molar-refractivity contribution in [3.63, 3.8) is 0 Å². The number of unbranched alkanes of at least 4 members (excludes halogenated alkanes) is 1. The number of rotatable bonds is 7. The van der Waals surface area contributed by atoms with Crippen LogP contribution in [0.3, 0.4) is 0 Å². The summed E-state index contributed by atoms with van der Waals surface area (Å²) in [7, 11) is 0. The molecule has 250 valence electrons. The molecule has 0 aliphatic heterocycles. The fourth-order valence-electron chi connectivity index (χ4n) is 9.35. The minimum atomic E-state index is -0.362. The summed E-state index contributed by atoms with van der Waals surface area (Å²) in [5.74, 6) is 0. The monoisotopic (exact) mass is 668 g/mol. The number of aryl methyl sites for hydroxylation is 1.